The minimum absolute atomic E-state index is 0.299. The molecule has 0 aliphatic carbocycles. The summed E-state index contributed by atoms with van der Waals surface area (Å²) in [5, 5.41) is 4.42. The highest BCUT2D eigenvalue weighted by atomic mass is 15.3. The van der Waals surface area contributed by atoms with Crippen molar-refractivity contribution in [1.29, 1.82) is 0 Å². The second kappa shape index (κ2) is 2.41. The van der Waals surface area contributed by atoms with Crippen molar-refractivity contribution >= 4 is 0 Å². The molecule has 0 radical (unpaired) electrons. The summed E-state index contributed by atoms with van der Waals surface area (Å²) in [6, 6.07) is 0.630. The molecule has 1 saturated heterocycles. The van der Waals surface area contributed by atoms with Crippen LogP contribution in [0.3, 0.4) is 0 Å². The van der Waals surface area contributed by atoms with E-state index < -0.39 is 0 Å². The van der Waals surface area contributed by atoms with Gasteiger partial charge in [0.25, 0.3) is 0 Å². The van der Waals surface area contributed by atoms with Crippen molar-refractivity contribution in [3.63, 3.8) is 0 Å². The fraction of sp³-hybridized carbons (Fsp3) is 0.800. The summed E-state index contributed by atoms with van der Waals surface area (Å²) in [5.74, 6) is 0. The SMILES string of the molecule is CC(C)(C)C1=CN=[N+]2CCCC12. The lowest BCUT2D eigenvalue weighted by molar-refractivity contribution is -0.591. The Bertz CT molecular complexity index is 256. The van der Waals surface area contributed by atoms with Crippen molar-refractivity contribution in [2.75, 3.05) is 6.54 Å². The van der Waals surface area contributed by atoms with Crippen LogP contribution in [-0.2, 0) is 0 Å². The van der Waals surface area contributed by atoms with Crippen molar-refractivity contribution in [2.24, 2.45) is 10.5 Å². The lowest BCUT2D eigenvalue weighted by Gasteiger charge is -2.20. The summed E-state index contributed by atoms with van der Waals surface area (Å²) >= 11 is 0. The van der Waals surface area contributed by atoms with Crippen LogP contribution in [0.15, 0.2) is 16.9 Å². The van der Waals surface area contributed by atoms with Gasteiger partial charge in [0.1, 0.15) is 6.20 Å². The molecule has 12 heavy (non-hydrogen) atoms. The van der Waals surface area contributed by atoms with E-state index in [2.05, 4.69) is 36.8 Å². The summed E-state index contributed by atoms with van der Waals surface area (Å²) in [5.41, 5.74) is 1.81. The number of fused-ring (bicyclic) bond motifs is 1. The van der Waals surface area contributed by atoms with Crippen LogP contribution in [-0.4, -0.2) is 17.3 Å². The second-order valence-electron chi connectivity index (χ2n) is 4.77. The molecular weight excluding hydrogens is 148 g/mol. The van der Waals surface area contributed by atoms with E-state index in [1.165, 1.54) is 18.4 Å². The van der Waals surface area contributed by atoms with Gasteiger partial charge in [0.15, 0.2) is 6.54 Å². The highest BCUT2D eigenvalue weighted by Crippen LogP contribution is 2.36. The first-order valence-corrected chi connectivity index (χ1v) is 4.77. The molecule has 0 amide bonds. The van der Waals surface area contributed by atoms with Gasteiger partial charge in [0, 0.05) is 18.4 Å². The van der Waals surface area contributed by atoms with Gasteiger partial charge in [0.05, 0.1) is 0 Å². The van der Waals surface area contributed by atoms with E-state index in [-0.39, 0.29) is 0 Å². The number of hydrogen-bond donors (Lipinski definition) is 0. The normalized spacial score (nSPS) is 28.4. The smallest absolute Gasteiger partial charge is 0.116 e. The average Bonchev–Trinajstić information content (AvgIpc) is 2.37. The molecular formula is C10H17N2+. The fourth-order valence-corrected chi connectivity index (χ4v) is 2.12. The van der Waals surface area contributed by atoms with Crippen LogP contribution in [0.5, 0.6) is 0 Å². The van der Waals surface area contributed by atoms with E-state index in [0.717, 1.165) is 6.54 Å². The van der Waals surface area contributed by atoms with Crippen LogP contribution in [0.4, 0.5) is 0 Å². The Morgan fingerprint density at radius 3 is 2.92 bits per heavy atom. The Labute approximate surface area is 74.0 Å². The molecule has 2 heterocycles. The average molecular weight is 165 g/mol. The predicted octanol–water partition coefficient (Wildman–Crippen LogP) is 2.56. The Balaban J connectivity index is 2.23. The Morgan fingerprint density at radius 1 is 1.50 bits per heavy atom. The Hall–Kier alpha value is -0.660. The topological polar surface area (TPSA) is 15.4 Å². The first-order valence-electron chi connectivity index (χ1n) is 4.77. The van der Waals surface area contributed by atoms with E-state index in [0.29, 0.717) is 11.5 Å². The van der Waals surface area contributed by atoms with E-state index in [1.54, 1.807) is 0 Å². The van der Waals surface area contributed by atoms with Gasteiger partial charge in [-0.25, -0.2) is 0 Å². The molecule has 2 heteroatoms. The van der Waals surface area contributed by atoms with Crippen LogP contribution in [0.25, 0.3) is 0 Å². The second-order valence-corrected chi connectivity index (χ2v) is 4.77. The van der Waals surface area contributed by atoms with Gasteiger partial charge in [-0.2, -0.15) is 0 Å². The molecule has 0 saturated carbocycles. The standard InChI is InChI=1S/C10H17N2/c1-10(2,3)8-7-11-12-6-4-5-9(8)12/h7,9H,4-6H2,1-3H3/q+1. The zero-order chi connectivity index (χ0) is 8.77. The molecule has 1 unspecified atom stereocenters. The van der Waals surface area contributed by atoms with Gasteiger partial charge >= 0.3 is 0 Å². The molecule has 66 valence electrons. The molecule has 2 aliphatic rings. The third kappa shape index (κ3) is 1.10. The number of hydrogen-bond acceptors (Lipinski definition) is 1. The van der Waals surface area contributed by atoms with Gasteiger partial charge in [0.2, 0.25) is 6.04 Å². The maximum absolute atomic E-state index is 4.42. The lowest BCUT2D eigenvalue weighted by Crippen LogP contribution is -2.24. The molecule has 2 aliphatic heterocycles. The van der Waals surface area contributed by atoms with Crippen molar-refractivity contribution in [2.45, 2.75) is 39.7 Å². The van der Waals surface area contributed by atoms with Gasteiger partial charge < -0.3 is 0 Å². The van der Waals surface area contributed by atoms with E-state index in [9.17, 15) is 0 Å². The highest BCUT2D eigenvalue weighted by molar-refractivity contribution is 5.17. The van der Waals surface area contributed by atoms with Gasteiger partial charge in [-0.3, -0.25) is 0 Å². The molecule has 2 nitrogen and oxygen atoms in total. The third-order valence-corrected chi connectivity index (χ3v) is 2.79. The van der Waals surface area contributed by atoms with Crippen LogP contribution in [0.1, 0.15) is 33.6 Å². The predicted molar refractivity (Wildman–Crippen MR) is 48.1 cm³/mol. The molecule has 0 aromatic heterocycles. The van der Waals surface area contributed by atoms with E-state index in [1.807, 2.05) is 0 Å². The Morgan fingerprint density at radius 2 is 2.25 bits per heavy atom. The van der Waals surface area contributed by atoms with Crippen LogP contribution < -0.4 is 0 Å². The van der Waals surface area contributed by atoms with Crippen molar-refractivity contribution in [3.05, 3.63) is 11.8 Å². The first kappa shape index (κ1) is 7.96. The number of nitrogens with zero attached hydrogens (tertiary/aromatic N) is 2. The maximum Gasteiger partial charge on any atom is 0.202 e. The van der Waals surface area contributed by atoms with Crippen LogP contribution in [0, 0.1) is 5.41 Å². The van der Waals surface area contributed by atoms with Crippen molar-refractivity contribution in [3.8, 4) is 0 Å². The summed E-state index contributed by atoms with van der Waals surface area (Å²) < 4.78 is 2.24. The van der Waals surface area contributed by atoms with Gasteiger partial charge in [-0.1, -0.05) is 20.8 Å². The molecule has 0 aromatic carbocycles. The third-order valence-electron chi connectivity index (χ3n) is 2.79. The summed E-state index contributed by atoms with van der Waals surface area (Å²) in [7, 11) is 0. The maximum atomic E-state index is 4.42. The fourth-order valence-electron chi connectivity index (χ4n) is 2.12. The zero-order valence-corrected chi connectivity index (χ0v) is 8.17. The molecule has 0 bridgehead atoms. The van der Waals surface area contributed by atoms with E-state index in [4.69, 9.17) is 0 Å². The molecule has 0 N–H and O–H groups in total. The number of rotatable bonds is 0. The molecule has 0 aromatic rings. The van der Waals surface area contributed by atoms with E-state index >= 15 is 0 Å². The summed E-state index contributed by atoms with van der Waals surface area (Å²) in [4.78, 5) is 0. The molecule has 1 fully saturated rings. The first-order chi connectivity index (χ1) is 5.59. The minimum Gasteiger partial charge on any atom is -0.116 e. The molecule has 1 atom stereocenters. The van der Waals surface area contributed by atoms with Crippen LogP contribution >= 0.6 is 0 Å². The quantitative estimate of drug-likeness (QED) is 0.490. The largest absolute Gasteiger partial charge is 0.202 e. The highest BCUT2D eigenvalue weighted by Gasteiger charge is 2.41. The zero-order valence-electron chi connectivity index (χ0n) is 8.17. The Kier molecular flexibility index (Phi) is 1.60. The molecule has 2 rings (SSSR count). The summed E-state index contributed by atoms with van der Waals surface area (Å²) in [6.07, 6.45) is 4.68. The van der Waals surface area contributed by atoms with Crippen LogP contribution in [0.2, 0.25) is 0 Å². The lowest BCUT2D eigenvalue weighted by atomic mass is 9.82. The van der Waals surface area contributed by atoms with Gasteiger partial charge in [-0.15, -0.1) is 4.70 Å². The number of azo groups is 2. The van der Waals surface area contributed by atoms with Crippen molar-refractivity contribution < 1.29 is 4.70 Å². The monoisotopic (exact) mass is 165 g/mol. The minimum atomic E-state index is 0.299. The molecule has 0 spiro atoms. The summed E-state index contributed by atoms with van der Waals surface area (Å²) in [6.45, 7) is 7.98. The van der Waals surface area contributed by atoms with Gasteiger partial charge in [-0.05, 0) is 10.5 Å². The van der Waals surface area contributed by atoms with Crippen molar-refractivity contribution in [1.82, 2.24) is 0 Å².